The fraction of sp³-hybridized carbons (Fsp3) is 0.468. The summed E-state index contributed by atoms with van der Waals surface area (Å²) in [7, 11) is 4.86. The topological polar surface area (TPSA) is 475 Å². The maximum Gasteiger partial charge on any atom is 1.00 e. The average molecular weight is 1600 g/mol. The van der Waals surface area contributed by atoms with Crippen LogP contribution in [0.1, 0.15) is 106 Å². The van der Waals surface area contributed by atoms with Crippen molar-refractivity contribution >= 4 is 71.8 Å². The second kappa shape index (κ2) is 66.9. The molecule has 2 fully saturated rings. The molecule has 5 aromatic rings. The predicted octanol–water partition coefficient (Wildman–Crippen LogP) is 3.50. The van der Waals surface area contributed by atoms with Gasteiger partial charge >= 0.3 is 89.5 Å². The van der Waals surface area contributed by atoms with Crippen molar-refractivity contribution in [2.24, 2.45) is 23.3 Å². The Morgan fingerprint density at radius 2 is 0.681 bits per heavy atom. The molecular weight excluding hydrogens is 1490 g/mol. The Hall–Kier alpha value is -9.62. The summed E-state index contributed by atoms with van der Waals surface area (Å²) in [5.74, 6) is -4.92. The van der Waals surface area contributed by atoms with Gasteiger partial charge in [0.15, 0.2) is 0 Å². The maximum atomic E-state index is 11.9. The summed E-state index contributed by atoms with van der Waals surface area (Å²) in [5, 5.41) is 18.7. The number of nitrogens with two attached hydrogens (primary N) is 2. The number of carbonyl (C=O) groups is 12. The van der Waals surface area contributed by atoms with Crippen LogP contribution in [0.4, 0.5) is 9.59 Å². The third-order valence-electron chi connectivity index (χ3n) is 15.1. The van der Waals surface area contributed by atoms with Crippen molar-refractivity contribution < 1.29 is 159 Å². The van der Waals surface area contributed by atoms with Crippen LogP contribution in [0.15, 0.2) is 152 Å². The molecule has 4 amide bonds. The number of carboxylic acids is 1. The molecule has 0 unspecified atom stereocenters. The van der Waals surface area contributed by atoms with Crippen molar-refractivity contribution in [2.75, 3.05) is 100 Å². The van der Waals surface area contributed by atoms with Gasteiger partial charge < -0.3 is 105 Å². The molecule has 5 atom stereocenters. The molecular formula is C79H109N6NaO27. The molecule has 0 aliphatic carbocycles. The number of alkyl carbamates (subject to hydrolysis) is 2. The molecule has 34 heteroatoms. The van der Waals surface area contributed by atoms with Crippen LogP contribution in [0.3, 0.4) is 0 Å². The zero-order valence-electron chi connectivity index (χ0n) is 65.2. The Kier molecular flexibility index (Phi) is 61.2. The van der Waals surface area contributed by atoms with Crippen LogP contribution in [0.2, 0.25) is 0 Å². The average Bonchev–Trinajstić information content (AvgIpc) is 1.75. The van der Waals surface area contributed by atoms with Crippen molar-refractivity contribution in [3.63, 3.8) is 0 Å². The van der Waals surface area contributed by atoms with Gasteiger partial charge in [-0.25, -0.2) is 19.2 Å². The van der Waals surface area contributed by atoms with Crippen LogP contribution < -0.4 is 62.3 Å². The molecule has 618 valence electrons. The van der Waals surface area contributed by atoms with E-state index in [-0.39, 0.29) is 155 Å². The zero-order valence-corrected chi connectivity index (χ0v) is 67.2. The van der Waals surface area contributed by atoms with Gasteiger partial charge in [-0.3, -0.25) is 38.4 Å². The Labute approximate surface area is 681 Å². The molecule has 0 saturated carbocycles. The van der Waals surface area contributed by atoms with E-state index >= 15 is 0 Å². The molecule has 2 saturated heterocycles. The van der Waals surface area contributed by atoms with Crippen molar-refractivity contribution in [1.82, 2.24) is 21.3 Å². The predicted molar refractivity (Wildman–Crippen MR) is 403 cm³/mol. The van der Waals surface area contributed by atoms with E-state index < -0.39 is 66.1 Å². The number of hydrogen-bond donors (Lipinski definition) is 7. The number of rotatable bonds is 45. The Bertz CT molecular complexity index is 3260. The Morgan fingerprint density at radius 3 is 0.929 bits per heavy atom. The second-order valence-corrected chi connectivity index (χ2v) is 24.2. The van der Waals surface area contributed by atoms with E-state index in [9.17, 15) is 57.5 Å². The largest absolute Gasteiger partial charge is 1.00 e. The summed E-state index contributed by atoms with van der Waals surface area (Å²) < 4.78 is 64.0. The van der Waals surface area contributed by atoms with Crippen LogP contribution >= 0.6 is 0 Å². The van der Waals surface area contributed by atoms with Gasteiger partial charge in [0.2, 0.25) is 11.8 Å². The number of ether oxygens (including phenoxy) is 13. The molecule has 10 N–H and O–H groups in total. The monoisotopic (exact) mass is 1600 g/mol. The van der Waals surface area contributed by atoms with E-state index in [2.05, 4.69) is 30.7 Å². The fourth-order valence-electron chi connectivity index (χ4n) is 8.73. The third kappa shape index (κ3) is 54.7. The first-order valence-electron chi connectivity index (χ1n) is 36.0. The molecule has 2 aliphatic rings. The first kappa shape index (κ1) is 103. The van der Waals surface area contributed by atoms with Gasteiger partial charge in [-0.05, 0) is 59.9 Å². The number of carboxylic acid groups (broad SMARTS) is 1. The minimum Gasteiger partial charge on any atom is -0.870 e. The number of nitrogens with one attached hydrogen (secondary N) is 4. The normalized spacial score (nSPS) is 13.4. The number of cyclic esters (lactones) is 4. The fourth-order valence-corrected chi connectivity index (χ4v) is 8.73. The number of hydrogen-bond acceptors (Lipinski definition) is 28. The van der Waals surface area contributed by atoms with Gasteiger partial charge in [0.25, 0.3) is 0 Å². The smallest absolute Gasteiger partial charge is 0.870 e. The Balaban J connectivity index is 0.00000135. The number of amides is 4. The SMILES string of the molecule is COCCOCCN.COCCOCCNC(=O)[C@H](C)CCC(=O)OCc1ccccc1.COCCOCCNC(=O)[C@H](C)CCC(=O)OCc1ccccc1.N[C@@H](CCC(=O)OCc1ccccc1)C(=O)O.O=C(CC[C@H]1NC(=O)OC1=O)OCc1ccccc1.O=C(CC[C@H]1NC(=O)OC1=O)OCc1ccccc1.[Na+].[OH-]. The summed E-state index contributed by atoms with van der Waals surface area (Å²) >= 11 is 0. The standard InChI is InChI=1S/2C18H27NO5.2C13H13NO5.C12H15NO4.C5H13NO2.Na.H2O/c2*1-15(18(21)19-10-11-23-13-12-22-2)8-9-17(20)24-14-16-6-4-3-5-7-16;2*15-11(18-8-9-4-2-1-3-5-9)7-6-10-12(16)19-13(17)14-10;13-10(12(15)16)6-7-11(14)17-8-9-4-2-1-3-5-9;1-7-4-5-8-3-2-6;;/h2*3-7,15H,8-14H2,1-2H3,(H,19,21);2*1-5,10H,6-8H2,(H,14,17);1-5,10H,6-8,13H2,(H,15,16);2-6H2,1H3;;1H2/q;;;;;;+1;/p-1/t2*15-;3*10-;;;/m11110.../s1. The summed E-state index contributed by atoms with van der Waals surface area (Å²) in [5.41, 5.74) is 15.0. The third-order valence-corrected chi connectivity index (χ3v) is 15.1. The van der Waals surface area contributed by atoms with E-state index in [0.717, 1.165) is 27.8 Å². The van der Waals surface area contributed by atoms with E-state index in [1.807, 2.05) is 152 Å². The van der Waals surface area contributed by atoms with E-state index in [0.29, 0.717) is 91.9 Å². The van der Waals surface area contributed by atoms with Gasteiger partial charge in [-0.2, -0.15) is 0 Å². The molecule has 0 radical (unpaired) electrons. The van der Waals surface area contributed by atoms with Crippen LogP contribution in [0.5, 0.6) is 0 Å². The van der Waals surface area contributed by atoms with Gasteiger partial charge in [0, 0.05) is 84.9 Å². The molecule has 0 bridgehead atoms. The number of benzene rings is 5. The van der Waals surface area contributed by atoms with Crippen molar-refractivity contribution in [2.45, 2.75) is 129 Å². The first-order valence-corrected chi connectivity index (χ1v) is 36.0. The quantitative estimate of drug-likeness (QED) is 0.00964. The van der Waals surface area contributed by atoms with Gasteiger partial charge in [-0.1, -0.05) is 166 Å². The van der Waals surface area contributed by atoms with Crippen molar-refractivity contribution in [1.29, 1.82) is 0 Å². The van der Waals surface area contributed by atoms with Crippen LogP contribution in [0, 0.1) is 11.8 Å². The molecule has 113 heavy (non-hydrogen) atoms. The summed E-state index contributed by atoms with van der Waals surface area (Å²) in [6.07, 6.45) is 0.394. The summed E-state index contributed by atoms with van der Waals surface area (Å²) in [4.78, 5) is 136. The number of esters is 7. The molecule has 0 aromatic heterocycles. The molecule has 2 aliphatic heterocycles. The van der Waals surface area contributed by atoms with Gasteiger partial charge in [-0.15, -0.1) is 0 Å². The summed E-state index contributed by atoms with van der Waals surface area (Å²) in [6, 6.07) is 44.3. The number of aliphatic carboxylic acids is 1. The van der Waals surface area contributed by atoms with Crippen LogP contribution in [-0.2, 0) is 143 Å². The number of methoxy groups -OCH3 is 3. The van der Waals surface area contributed by atoms with E-state index in [4.69, 9.17) is 68.7 Å². The molecule has 7 rings (SSSR count). The minimum atomic E-state index is -1.11. The molecule has 5 aromatic carbocycles. The van der Waals surface area contributed by atoms with Gasteiger partial charge in [0.1, 0.15) is 51.2 Å². The maximum absolute atomic E-state index is 11.9. The van der Waals surface area contributed by atoms with Gasteiger partial charge in [0.05, 0.1) is 59.5 Å². The molecule has 0 spiro atoms. The van der Waals surface area contributed by atoms with Crippen molar-refractivity contribution in [3.8, 4) is 0 Å². The zero-order chi connectivity index (χ0) is 81.5. The van der Waals surface area contributed by atoms with E-state index in [1.54, 1.807) is 35.2 Å². The van der Waals surface area contributed by atoms with Crippen LogP contribution in [-0.4, -0.2) is 201 Å². The summed E-state index contributed by atoms with van der Waals surface area (Å²) in [6.45, 7) is 11.1. The Morgan fingerprint density at radius 1 is 0.416 bits per heavy atom. The first-order chi connectivity index (χ1) is 53.6. The number of carbonyl (C=O) groups excluding carboxylic acids is 11. The minimum absolute atomic E-state index is 0. The van der Waals surface area contributed by atoms with Crippen molar-refractivity contribution in [3.05, 3.63) is 179 Å². The second-order valence-electron chi connectivity index (χ2n) is 24.2. The molecule has 2 heterocycles. The molecule has 33 nitrogen and oxygen atoms in total. The van der Waals surface area contributed by atoms with Crippen LogP contribution in [0.25, 0.3) is 0 Å². The van der Waals surface area contributed by atoms with E-state index in [1.165, 1.54) is 0 Å².